The van der Waals surface area contributed by atoms with Crippen LogP contribution >= 0.6 is 7.14 Å². The Balaban J connectivity index is 2.12. The summed E-state index contributed by atoms with van der Waals surface area (Å²) in [4.78, 5) is 0.614. The zero-order valence-corrected chi connectivity index (χ0v) is 15.7. The van der Waals surface area contributed by atoms with Crippen molar-refractivity contribution in [3.05, 3.63) is 102 Å². The van der Waals surface area contributed by atoms with Gasteiger partial charge < -0.3 is 4.57 Å². The summed E-state index contributed by atoms with van der Waals surface area (Å²) in [5.41, 5.74) is 1.08. The molecule has 0 aliphatic rings. The summed E-state index contributed by atoms with van der Waals surface area (Å²) < 4.78 is 27.4. The van der Waals surface area contributed by atoms with Crippen molar-refractivity contribution < 1.29 is 8.77 Å². The Morgan fingerprint density at radius 2 is 1.24 bits per heavy atom. The minimum Gasteiger partial charge on any atom is -0.308 e. The van der Waals surface area contributed by atoms with E-state index >= 15 is 0 Å². The summed E-state index contributed by atoms with van der Waals surface area (Å²) in [5, 5.41) is 1.29. The van der Waals surface area contributed by atoms with Gasteiger partial charge in [-0.2, -0.15) is 0 Å². The number of rotatable bonds is 5. The van der Waals surface area contributed by atoms with Crippen LogP contribution in [0.3, 0.4) is 0 Å². The Labute approximate surface area is 151 Å². The van der Waals surface area contributed by atoms with Gasteiger partial charge in [0.1, 0.15) is 0 Å². The Morgan fingerprint density at radius 1 is 0.800 bits per heavy atom. The standard InChI is InChI=1S/C21H19O2PS/c1-17-13-15-21(16-14-17)25(23)18(2)24(22,19-9-5-3-6-10-19)20-11-7-4-8-12-20/h3-16H,2H2,1H3. The molecular formula is C21H19O2PS. The lowest BCUT2D eigenvalue weighted by molar-refractivity contribution is 0.591. The van der Waals surface area contributed by atoms with Crippen LogP contribution < -0.4 is 10.6 Å². The highest BCUT2D eigenvalue weighted by atomic mass is 32.2. The molecule has 3 aromatic carbocycles. The first kappa shape index (κ1) is 17.6. The van der Waals surface area contributed by atoms with E-state index in [1.807, 2.05) is 79.7 Å². The average molecular weight is 366 g/mol. The maximum absolute atomic E-state index is 14.1. The molecule has 3 rings (SSSR count). The fourth-order valence-electron chi connectivity index (χ4n) is 2.63. The molecule has 0 radical (unpaired) electrons. The van der Waals surface area contributed by atoms with E-state index in [9.17, 15) is 8.77 Å². The molecule has 0 aliphatic carbocycles. The van der Waals surface area contributed by atoms with E-state index < -0.39 is 17.9 Å². The van der Waals surface area contributed by atoms with E-state index in [2.05, 4.69) is 6.58 Å². The largest absolute Gasteiger partial charge is 0.308 e. The predicted octanol–water partition coefficient (Wildman–Crippen LogP) is 4.59. The fourth-order valence-corrected chi connectivity index (χ4v) is 7.22. The lowest BCUT2D eigenvalue weighted by Gasteiger charge is -2.21. The third kappa shape index (κ3) is 3.44. The van der Waals surface area contributed by atoms with Crippen LogP contribution in [0.15, 0.2) is 101 Å². The minimum atomic E-state index is -3.24. The van der Waals surface area contributed by atoms with Crippen LogP contribution in [0.4, 0.5) is 0 Å². The third-order valence-electron chi connectivity index (χ3n) is 4.04. The average Bonchev–Trinajstić information content (AvgIpc) is 2.68. The van der Waals surface area contributed by atoms with Gasteiger partial charge in [0.2, 0.25) is 0 Å². The molecule has 0 heterocycles. The summed E-state index contributed by atoms with van der Waals surface area (Å²) in [6.45, 7) is 5.99. The smallest absolute Gasteiger partial charge is 0.179 e. The van der Waals surface area contributed by atoms with Gasteiger partial charge in [-0.15, -0.1) is 0 Å². The molecule has 0 amide bonds. The second-order valence-corrected chi connectivity index (χ2v) is 10.4. The first-order chi connectivity index (χ1) is 12.0. The molecule has 126 valence electrons. The molecule has 2 nitrogen and oxygen atoms in total. The van der Waals surface area contributed by atoms with Crippen molar-refractivity contribution in [2.75, 3.05) is 0 Å². The molecule has 25 heavy (non-hydrogen) atoms. The molecule has 0 fully saturated rings. The summed E-state index contributed by atoms with van der Waals surface area (Å²) in [7, 11) is -4.81. The molecule has 3 aromatic rings. The van der Waals surface area contributed by atoms with Crippen LogP contribution in [0, 0.1) is 6.92 Å². The van der Waals surface area contributed by atoms with Crippen molar-refractivity contribution in [3.63, 3.8) is 0 Å². The fraction of sp³-hybridized carbons (Fsp3) is 0.0476. The van der Waals surface area contributed by atoms with Crippen molar-refractivity contribution in [2.24, 2.45) is 0 Å². The second-order valence-electron chi connectivity index (χ2n) is 5.76. The Morgan fingerprint density at radius 3 is 1.68 bits per heavy atom. The highest BCUT2D eigenvalue weighted by molar-refractivity contribution is 8.04. The second kappa shape index (κ2) is 7.35. The molecule has 4 heteroatoms. The van der Waals surface area contributed by atoms with E-state index in [1.165, 1.54) is 0 Å². The molecule has 0 saturated heterocycles. The van der Waals surface area contributed by atoms with Crippen LogP contribution in [-0.2, 0) is 15.4 Å². The molecule has 0 bridgehead atoms. The van der Waals surface area contributed by atoms with Gasteiger partial charge in [-0.1, -0.05) is 84.9 Å². The van der Waals surface area contributed by atoms with Crippen molar-refractivity contribution >= 4 is 28.6 Å². The first-order valence-corrected chi connectivity index (χ1v) is 10.8. The number of hydrogen-bond acceptors (Lipinski definition) is 2. The Hall–Kier alpha value is -2.22. The summed E-state index contributed by atoms with van der Waals surface area (Å²) >= 11 is 0. The topological polar surface area (TPSA) is 34.1 Å². The number of aryl methyl sites for hydroxylation is 1. The first-order valence-electron chi connectivity index (χ1n) is 7.92. The highest BCUT2D eigenvalue weighted by Crippen LogP contribution is 2.53. The summed E-state index contributed by atoms with van der Waals surface area (Å²) in [6, 6.07) is 25.8. The number of hydrogen-bond donors (Lipinski definition) is 0. The lowest BCUT2D eigenvalue weighted by Crippen LogP contribution is -2.18. The molecule has 0 aliphatic heterocycles. The van der Waals surface area contributed by atoms with Gasteiger partial charge in [0.25, 0.3) is 0 Å². The molecular weight excluding hydrogens is 347 g/mol. The van der Waals surface area contributed by atoms with Crippen molar-refractivity contribution in [1.82, 2.24) is 0 Å². The van der Waals surface area contributed by atoms with E-state index in [0.717, 1.165) is 5.56 Å². The van der Waals surface area contributed by atoms with Gasteiger partial charge >= 0.3 is 0 Å². The monoisotopic (exact) mass is 366 g/mol. The molecule has 0 aromatic heterocycles. The number of benzene rings is 3. The molecule has 1 atom stereocenters. The van der Waals surface area contributed by atoms with Gasteiger partial charge in [0.05, 0.1) is 15.4 Å². The molecule has 0 spiro atoms. The molecule has 0 N–H and O–H groups in total. The SMILES string of the molecule is C=C(S(=O)c1ccc(C)cc1)P(=O)(c1ccccc1)c1ccccc1. The van der Waals surface area contributed by atoms with Gasteiger partial charge in [-0.05, 0) is 19.1 Å². The van der Waals surface area contributed by atoms with Gasteiger partial charge in [-0.25, -0.2) is 4.21 Å². The molecule has 0 saturated carbocycles. The Bertz CT molecular complexity index is 905. The molecule has 1 unspecified atom stereocenters. The summed E-state index contributed by atoms with van der Waals surface area (Å²) in [6.07, 6.45) is 0. The van der Waals surface area contributed by atoms with E-state index in [4.69, 9.17) is 0 Å². The Kier molecular flexibility index (Phi) is 5.17. The van der Waals surface area contributed by atoms with Crippen LogP contribution in [0.25, 0.3) is 0 Å². The van der Waals surface area contributed by atoms with Crippen molar-refractivity contribution in [1.29, 1.82) is 0 Å². The van der Waals surface area contributed by atoms with Crippen molar-refractivity contribution in [3.8, 4) is 0 Å². The maximum Gasteiger partial charge on any atom is 0.179 e. The van der Waals surface area contributed by atoms with Crippen molar-refractivity contribution in [2.45, 2.75) is 11.8 Å². The van der Waals surface area contributed by atoms with E-state index in [0.29, 0.717) is 15.5 Å². The summed E-state index contributed by atoms with van der Waals surface area (Å²) in [5.74, 6) is 0. The highest BCUT2D eigenvalue weighted by Gasteiger charge is 2.34. The third-order valence-corrected chi connectivity index (χ3v) is 9.19. The minimum absolute atomic E-state index is 0.244. The lowest BCUT2D eigenvalue weighted by atomic mass is 10.2. The maximum atomic E-state index is 14.1. The van der Waals surface area contributed by atoms with E-state index in [-0.39, 0.29) is 4.65 Å². The van der Waals surface area contributed by atoms with Gasteiger partial charge in [-0.3, -0.25) is 0 Å². The van der Waals surface area contributed by atoms with Gasteiger partial charge in [0.15, 0.2) is 7.14 Å². The normalized spacial score (nSPS) is 12.5. The van der Waals surface area contributed by atoms with Crippen LogP contribution in [-0.4, -0.2) is 4.21 Å². The van der Waals surface area contributed by atoms with E-state index in [1.54, 1.807) is 12.1 Å². The van der Waals surface area contributed by atoms with Gasteiger partial charge in [0, 0.05) is 15.5 Å². The zero-order valence-electron chi connectivity index (χ0n) is 14.0. The zero-order chi connectivity index (χ0) is 17.9. The predicted molar refractivity (Wildman–Crippen MR) is 106 cm³/mol. The van der Waals surface area contributed by atoms with Crippen LogP contribution in [0.2, 0.25) is 0 Å². The van der Waals surface area contributed by atoms with Crippen LogP contribution in [0.1, 0.15) is 5.56 Å². The quantitative estimate of drug-likeness (QED) is 0.619. The van der Waals surface area contributed by atoms with Crippen LogP contribution in [0.5, 0.6) is 0 Å².